The Balaban J connectivity index is 1.96. The third-order valence-electron chi connectivity index (χ3n) is 5.53. The zero-order valence-electron chi connectivity index (χ0n) is 16.3. The molecule has 30 heavy (non-hydrogen) atoms. The summed E-state index contributed by atoms with van der Waals surface area (Å²) in [5.74, 6) is -1.95. The van der Waals surface area contributed by atoms with Crippen LogP contribution in [0.1, 0.15) is 15.9 Å². The van der Waals surface area contributed by atoms with Crippen molar-refractivity contribution in [1.29, 1.82) is 0 Å². The number of rotatable bonds is 6. The molecule has 0 heterocycles. The quantitative estimate of drug-likeness (QED) is 0.461. The van der Waals surface area contributed by atoms with Gasteiger partial charge in [-0.25, -0.2) is 0 Å². The van der Waals surface area contributed by atoms with Gasteiger partial charge >= 0.3 is 176 Å². The van der Waals surface area contributed by atoms with Crippen molar-refractivity contribution in [2.24, 2.45) is 0 Å². The molecule has 0 aliphatic heterocycles. The molecule has 0 spiro atoms. The molecule has 0 unspecified atom stereocenters. The first kappa shape index (κ1) is 20.0. The second kappa shape index (κ2) is 8.61. The topological polar surface area (TPSA) is 37.3 Å². The summed E-state index contributed by atoms with van der Waals surface area (Å²) in [7, 11) is -2.55. The van der Waals surface area contributed by atoms with Crippen molar-refractivity contribution in [3.05, 3.63) is 126 Å². The zero-order chi connectivity index (χ0) is 21.0. The molecule has 0 radical (unpaired) electrons. The monoisotopic (exact) mass is 416 g/mol. The molecule has 4 aromatic rings. The van der Waals surface area contributed by atoms with Gasteiger partial charge < -0.3 is 0 Å². The van der Waals surface area contributed by atoms with Gasteiger partial charge in [0, 0.05) is 0 Å². The number of carboxylic acids is 1. The molecule has 0 atom stereocenters. The van der Waals surface area contributed by atoms with Crippen molar-refractivity contribution in [2.75, 3.05) is 0 Å². The van der Waals surface area contributed by atoms with Crippen LogP contribution < -0.4 is 15.9 Å². The van der Waals surface area contributed by atoms with Gasteiger partial charge in [0.25, 0.3) is 0 Å². The van der Waals surface area contributed by atoms with Crippen LogP contribution in [0.3, 0.4) is 0 Å². The summed E-state index contributed by atoms with van der Waals surface area (Å²) in [4.78, 5) is 11.3. The van der Waals surface area contributed by atoms with Gasteiger partial charge in [-0.3, -0.25) is 0 Å². The Bertz CT molecular complexity index is 1050. The Morgan fingerprint density at radius 3 is 1.50 bits per heavy atom. The number of benzene rings is 4. The molecule has 0 amide bonds. The summed E-state index contributed by atoms with van der Waals surface area (Å²) in [5.41, 5.74) is 0.492. The van der Waals surface area contributed by atoms with Crippen LogP contribution in [-0.4, -0.2) is 11.1 Å². The SMILES string of the molecule is O=C(O)c1ccc(C[PH](c2ccccc2)(c2ccccc2)c2ccccc2)cc1F. The number of hydrogen-bond donors (Lipinski definition) is 1. The fourth-order valence-electron chi connectivity index (χ4n) is 4.12. The van der Waals surface area contributed by atoms with E-state index in [2.05, 4.69) is 36.4 Å². The number of halogens is 1. The van der Waals surface area contributed by atoms with Crippen LogP contribution in [-0.2, 0) is 6.16 Å². The van der Waals surface area contributed by atoms with Gasteiger partial charge in [0.15, 0.2) is 0 Å². The Morgan fingerprint density at radius 1 is 0.700 bits per heavy atom. The second-order valence-electron chi connectivity index (χ2n) is 7.30. The van der Waals surface area contributed by atoms with E-state index in [0.717, 1.165) is 5.56 Å². The number of aromatic carboxylic acids is 1. The summed E-state index contributed by atoms with van der Waals surface area (Å²) in [6.07, 6.45) is 0.627. The fraction of sp³-hybridized carbons (Fsp3) is 0.0385. The van der Waals surface area contributed by atoms with Crippen molar-refractivity contribution in [2.45, 2.75) is 6.16 Å². The molecule has 4 heteroatoms. The first-order valence-electron chi connectivity index (χ1n) is 9.79. The van der Waals surface area contributed by atoms with Gasteiger partial charge in [-0.05, 0) is 0 Å². The number of hydrogen-bond acceptors (Lipinski definition) is 1. The van der Waals surface area contributed by atoms with Crippen LogP contribution in [0, 0.1) is 5.82 Å². The summed E-state index contributed by atoms with van der Waals surface area (Å²) in [6, 6.07) is 35.6. The Kier molecular flexibility index (Phi) is 5.74. The van der Waals surface area contributed by atoms with Crippen LogP contribution >= 0.6 is 7.26 Å². The zero-order valence-corrected chi connectivity index (χ0v) is 17.3. The van der Waals surface area contributed by atoms with Gasteiger partial charge in [0.1, 0.15) is 0 Å². The molecule has 0 saturated carbocycles. The molecule has 150 valence electrons. The minimum atomic E-state index is -2.55. The Morgan fingerprint density at radius 2 is 1.13 bits per heavy atom. The van der Waals surface area contributed by atoms with Crippen molar-refractivity contribution in [3.63, 3.8) is 0 Å². The molecular formula is C26H22FO2P. The van der Waals surface area contributed by atoms with E-state index in [-0.39, 0.29) is 5.56 Å². The number of carbonyl (C=O) groups is 1. The van der Waals surface area contributed by atoms with E-state index in [4.69, 9.17) is 0 Å². The molecule has 0 fully saturated rings. The molecule has 4 rings (SSSR count). The van der Waals surface area contributed by atoms with Gasteiger partial charge in [0.05, 0.1) is 0 Å². The Labute approximate surface area is 176 Å². The molecule has 1 N–H and O–H groups in total. The molecule has 2 nitrogen and oxygen atoms in total. The van der Waals surface area contributed by atoms with Gasteiger partial charge in [0.2, 0.25) is 0 Å². The maximum atomic E-state index is 14.5. The molecule has 0 bridgehead atoms. The summed E-state index contributed by atoms with van der Waals surface area (Å²) < 4.78 is 14.5. The molecule has 0 aromatic heterocycles. The average Bonchev–Trinajstić information content (AvgIpc) is 2.79. The van der Waals surface area contributed by atoms with E-state index in [0.29, 0.717) is 6.16 Å². The molecular weight excluding hydrogens is 394 g/mol. The van der Waals surface area contributed by atoms with Crippen LogP contribution in [0.15, 0.2) is 109 Å². The average molecular weight is 416 g/mol. The predicted octanol–water partition coefficient (Wildman–Crippen LogP) is 4.75. The van der Waals surface area contributed by atoms with Crippen LogP contribution in [0.4, 0.5) is 4.39 Å². The van der Waals surface area contributed by atoms with Crippen molar-refractivity contribution >= 4 is 29.1 Å². The normalized spacial score (nSPS) is 11.8. The van der Waals surface area contributed by atoms with Crippen molar-refractivity contribution in [1.82, 2.24) is 0 Å². The van der Waals surface area contributed by atoms with Gasteiger partial charge in [-0.1, -0.05) is 0 Å². The van der Waals surface area contributed by atoms with Crippen molar-refractivity contribution < 1.29 is 14.3 Å². The van der Waals surface area contributed by atoms with E-state index in [1.807, 2.05) is 54.6 Å². The third-order valence-corrected chi connectivity index (χ3v) is 10.4. The van der Waals surface area contributed by atoms with Crippen LogP contribution in [0.25, 0.3) is 0 Å². The number of carboxylic acid groups (broad SMARTS) is 1. The summed E-state index contributed by atoms with van der Waals surface area (Å²) >= 11 is 0. The first-order chi connectivity index (χ1) is 14.6. The predicted molar refractivity (Wildman–Crippen MR) is 124 cm³/mol. The molecule has 0 aliphatic carbocycles. The molecule has 0 aliphatic rings. The van der Waals surface area contributed by atoms with Gasteiger partial charge in [-0.2, -0.15) is 0 Å². The fourth-order valence-corrected chi connectivity index (χ4v) is 8.85. The van der Waals surface area contributed by atoms with E-state index in [1.165, 1.54) is 28.0 Å². The second-order valence-corrected chi connectivity index (χ2v) is 11.2. The van der Waals surface area contributed by atoms with E-state index in [9.17, 15) is 14.3 Å². The molecule has 0 saturated heterocycles. The van der Waals surface area contributed by atoms with Gasteiger partial charge in [-0.15, -0.1) is 0 Å². The van der Waals surface area contributed by atoms with Crippen molar-refractivity contribution in [3.8, 4) is 0 Å². The maximum absolute atomic E-state index is 14.5. The third kappa shape index (κ3) is 3.77. The Hall–Kier alpha value is -3.29. The van der Waals surface area contributed by atoms with E-state index < -0.39 is 19.0 Å². The molecule has 4 aromatic carbocycles. The summed E-state index contributed by atoms with van der Waals surface area (Å²) in [5, 5.41) is 12.9. The van der Waals surface area contributed by atoms with Crippen LogP contribution in [0.5, 0.6) is 0 Å². The summed E-state index contributed by atoms with van der Waals surface area (Å²) in [6.45, 7) is 0. The van der Waals surface area contributed by atoms with E-state index in [1.54, 1.807) is 6.07 Å². The van der Waals surface area contributed by atoms with E-state index >= 15 is 0 Å². The van der Waals surface area contributed by atoms with Crippen LogP contribution in [0.2, 0.25) is 0 Å². The standard InChI is InChI=1S/C26H22FO2P/c27-25-18-20(16-17-24(25)26(28)29)19-30(21-10-4-1-5-11-21,22-12-6-2-7-13-22)23-14-8-3-9-15-23/h1-18,30H,19H2,(H,28,29). The first-order valence-corrected chi connectivity index (χ1v) is 12.0. The minimum absolute atomic E-state index is 0.301.